The molecule has 17 heavy (non-hydrogen) atoms. The summed E-state index contributed by atoms with van der Waals surface area (Å²) >= 11 is 3.38. The van der Waals surface area contributed by atoms with Crippen molar-refractivity contribution in [3.8, 4) is 0 Å². The molecule has 0 spiro atoms. The average molecular weight is 321 g/mol. The standard InChI is InChI=1S/C11H13BrO4S/c1-15-17(13,14)8-11(6-16-7-11)9-3-2-4-10(12)5-9/h2-5H,6-8H2,1H3. The zero-order valence-corrected chi connectivity index (χ0v) is 11.8. The molecular formula is C11H13BrO4S. The zero-order chi connectivity index (χ0) is 12.5. The zero-order valence-electron chi connectivity index (χ0n) is 9.35. The van der Waals surface area contributed by atoms with Gasteiger partial charge >= 0.3 is 0 Å². The number of halogens is 1. The van der Waals surface area contributed by atoms with Crippen molar-refractivity contribution >= 4 is 26.0 Å². The summed E-state index contributed by atoms with van der Waals surface area (Å²) in [6.45, 7) is 0.818. The maximum absolute atomic E-state index is 11.6. The molecule has 2 rings (SSSR count). The molecule has 0 atom stereocenters. The molecule has 4 nitrogen and oxygen atoms in total. The maximum Gasteiger partial charge on any atom is 0.268 e. The summed E-state index contributed by atoms with van der Waals surface area (Å²) in [4.78, 5) is 0. The van der Waals surface area contributed by atoms with Crippen LogP contribution in [0.2, 0.25) is 0 Å². The van der Waals surface area contributed by atoms with E-state index >= 15 is 0 Å². The van der Waals surface area contributed by atoms with Gasteiger partial charge in [-0.3, -0.25) is 4.18 Å². The Balaban J connectivity index is 2.32. The maximum atomic E-state index is 11.6. The Kier molecular flexibility index (Phi) is 3.58. The Morgan fingerprint density at radius 1 is 1.47 bits per heavy atom. The largest absolute Gasteiger partial charge is 0.379 e. The van der Waals surface area contributed by atoms with Gasteiger partial charge < -0.3 is 4.74 Å². The Labute approximate surface area is 109 Å². The third-order valence-corrected chi connectivity index (χ3v) is 4.81. The lowest BCUT2D eigenvalue weighted by Crippen LogP contribution is -2.51. The van der Waals surface area contributed by atoms with E-state index in [9.17, 15) is 8.42 Å². The van der Waals surface area contributed by atoms with Crippen LogP contribution in [0, 0.1) is 0 Å². The summed E-state index contributed by atoms with van der Waals surface area (Å²) in [6, 6.07) is 7.63. The minimum Gasteiger partial charge on any atom is -0.379 e. The molecule has 0 radical (unpaired) electrons. The van der Waals surface area contributed by atoms with Gasteiger partial charge in [0.1, 0.15) is 0 Å². The van der Waals surface area contributed by atoms with Crippen LogP contribution in [-0.2, 0) is 24.5 Å². The van der Waals surface area contributed by atoms with Gasteiger partial charge in [0.25, 0.3) is 10.1 Å². The molecule has 1 heterocycles. The topological polar surface area (TPSA) is 52.6 Å². The van der Waals surface area contributed by atoms with Gasteiger partial charge in [-0.2, -0.15) is 8.42 Å². The lowest BCUT2D eigenvalue weighted by Gasteiger charge is -2.41. The van der Waals surface area contributed by atoms with Crippen LogP contribution in [0.4, 0.5) is 0 Å². The van der Waals surface area contributed by atoms with Gasteiger partial charge in [-0.05, 0) is 17.7 Å². The first-order valence-corrected chi connectivity index (χ1v) is 7.47. The van der Waals surface area contributed by atoms with E-state index in [1.807, 2.05) is 24.3 Å². The minimum absolute atomic E-state index is 0.0487. The van der Waals surface area contributed by atoms with E-state index in [1.165, 1.54) is 7.11 Å². The Morgan fingerprint density at radius 3 is 2.65 bits per heavy atom. The molecule has 1 aromatic carbocycles. The van der Waals surface area contributed by atoms with Gasteiger partial charge in [0, 0.05) is 4.47 Å². The molecule has 0 aliphatic carbocycles. The van der Waals surface area contributed by atoms with E-state index < -0.39 is 15.5 Å². The van der Waals surface area contributed by atoms with E-state index in [1.54, 1.807) is 0 Å². The Hall–Kier alpha value is -0.430. The van der Waals surface area contributed by atoms with Crippen molar-refractivity contribution in [1.82, 2.24) is 0 Å². The molecule has 0 bridgehead atoms. The molecule has 0 aromatic heterocycles. The molecule has 6 heteroatoms. The summed E-state index contributed by atoms with van der Waals surface area (Å²) in [6.07, 6.45) is 0. The van der Waals surface area contributed by atoms with Crippen molar-refractivity contribution in [2.45, 2.75) is 5.41 Å². The monoisotopic (exact) mass is 320 g/mol. The van der Waals surface area contributed by atoms with Crippen molar-refractivity contribution < 1.29 is 17.3 Å². The summed E-state index contributed by atoms with van der Waals surface area (Å²) in [7, 11) is -2.31. The quantitative estimate of drug-likeness (QED) is 0.792. The van der Waals surface area contributed by atoms with E-state index in [-0.39, 0.29) is 5.75 Å². The third-order valence-electron chi connectivity index (χ3n) is 2.90. The first kappa shape index (κ1) is 13.0. The molecule has 0 N–H and O–H groups in total. The molecule has 1 fully saturated rings. The van der Waals surface area contributed by atoms with E-state index in [0.29, 0.717) is 13.2 Å². The predicted octanol–water partition coefficient (Wildman–Crippen LogP) is 1.69. The number of ether oxygens (including phenoxy) is 1. The fraction of sp³-hybridized carbons (Fsp3) is 0.455. The van der Waals surface area contributed by atoms with Gasteiger partial charge in [0.15, 0.2) is 0 Å². The van der Waals surface area contributed by atoms with Gasteiger partial charge in [0.2, 0.25) is 0 Å². The fourth-order valence-corrected chi connectivity index (χ4v) is 3.42. The molecule has 1 saturated heterocycles. The van der Waals surface area contributed by atoms with E-state index in [2.05, 4.69) is 20.1 Å². The number of hydrogen-bond donors (Lipinski definition) is 0. The SMILES string of the molecule is COS(=O)(=O)CC1(c2cccc(Br)c2)COC1. The van der Waals surface area contributed by atoms with E-state index in [0.717, 1.165) is 10.0 Å². The van der Waals surface area contributed by atoms with Crippen LogP contribution in [0.15, 0.2) is 28.7 Å². The molecule has 1 aliphatic heterocycles. The number of hydrogen-bond acceptors (Lipinski definition) is 4. The highest BCUT2D eigenvalue weighted by molar-refractivity contribution is 9.10. The van der Waals surface area contributed by atoms with Crippen molar-refractivity contribution in [3.63, 3.8) is 0 Å². The third kappa shape index (κ3) is 2.70. The highest BCUT2D eigenvalue weighted by Gasteiger charge is 2.44. The minimum atomic E-state index is -3.49. The first-order valence-electron chi connectivity index (χ1n) is 5.10. The molecule has 0 amide bonds. The highest BCUT2D eigenvalue weighted by atomic mass is 79.9. The normalized spacial score (nSPS) is 18.7. The second-order valence-corrected chi connectivity index (χ2v) is 6.81. The van der Waals surface area contributed by atoms with E-state index in [4.69, 9.17) is 4.74 Å². The van der Waals surface area contributed by atoms with Crippen LogP contribution in [0.25, 0.3) is 0 Å². The van der Waals surface area contributed by atoms with Crippen LogP contribution in [-0.4, -0.2) is 34.5 Å². The highest BCUT2D eigenvalue weighted by Crippen LogP contribution is 2.35. The second-order valence-electron chi connectivity index (χ2n) is 4.15. The molecule has 1 aromatic rings. The van der Waals surface area contributed by atoms with Crippen molar-refractivity contribution in [2.24, 2.45) is 0 Å². The number of rotatable bonds is 4. The van der Waals surface area contributed by atoms with Crippen molar-refractivity contribution in [1.29, 1.82) is 0 Å². The Morgan fingerprint density at radius 2 is 2.18 bits per heavy atom. The van der Waals surface area contributed by atoms with Gasteiger partial charge in [-0.25, -0.2) is 0 Å². The molecule has 94 valence electrons. The van der Waals surface area contributed by atoms with Gasteiger partial charge in [0.05, 0.1) is 31.5 Å². The average Bonchev–Trinajstić information content (AvgIpc) is 2.24. The summed E-state index contributed by atoms with van der Waals surface area (Å²) in [5.41, 5.74) is 0.484. The predicted molar refractivity (Wildman–Crippen MR) is 67.4 cm³/mol. The fourth-order valence-electron chi connectivity index (χ4n) is 1.90. The first-order chi connectivity index (χ1) is 7.97. The van der Waals surface area contributed by atoms with Crippen LogP contribution < -0.4 is 0 Å². The summed E-state index contributed by atoms with van der Waals surface area (Å²) in [5.74, 6) is -0.0487. The molecule has 0 unspecified atom stereocenters. The summed E-state index contributed by atoms with van der Waals surface area (Å²) in [5, 5.41) is 0. The Bertz CT molecular complexity index is 508. The van der Waals surface area contributed by atoms with Crippen LogP contribution in [0.3, 0.4) is 0 Å². The van der Waals surface area contributed by atoms with Gasteiger partial charge in [-0.15, -0.1) is 0 Å². The van der Waals surface area contributed by atoms with Crippen LogP contribution in [0.1, 0.15) is 5.56 Å². The van der Waals surface area contributed by atoms with Crippen molar-refractivity contribution in [3.05, 3.63) is 34.3 Å². The lowest BCUT2D eigenvalue weighted by atomic mass is 9.80. The molecule has 1 aliphatic rings. The van der Waals surface area contributed by atoms with Crippen LogP contribution in [0.5, 0.6) is 0 Å². The molecular weight excluding hydrogens is 308 g/mol. The molecule has 0 saturated carbocycles. The smallest absolute Gasteiger partial charge is 0.268 e. The second kappa shape index (κ2) is 4.68. The lowest BCUT2D eigenvalue weighted by molar-refractivity contribution is -0.0488. The van der Waals surface area contributed by atoms with Crippen molar-refractivity contribution in [2.75, 3.05) is 26.1 Å². The number of benzene rings is 1. The van der Waals surface area contributed by atoms with Gasteiger partial charge in [-0.1, -0.05) is 28.1 Å². The summed E-state index contributed by atoms with van der Waals surface area (Å²) < 4.78 is 33.8. The van der Waals surface area contributed by atoms with Crippen LogP contribution >= 0.6 is 15.9 Å².